The summed E-state index contributed by atoms with van der Waals surface area (Å²) in [7, 11) is -1.27. The van der Waals surface area contributed by atoms with Gasteiger partial charge in [0, 0.05) is 6.61 Å². The van der Waals surface area contributed by atoms with Gasteiger partial charge in [-0.1, -0.05) is 38.1 Å². The fourth-order valence-electron chi connectivity index (χ4n) is 1.65. The second kappa shape index (κ2) is 8.09. The summed E-state index contributed by atoms with van der Waals surface area (Å²) in [6.07, 6.45) is 3.79. The van der Waals surface area contributed by atoms with Crippen molar-refractivity contribution in [2.75, 3.05) is 12.8 Å². The molecule has 0 saturated carbocycles. The van der Waals surface area contributed by atoms with Crippen molar-refractivity contribution in [1.82, 2.24) is 0 Å². The topological polar surface area (TPSA) is 18.5 Å². The summed E-state index contributed by atoms with van der Waals surface area (Å²) >= 11 is 0. The van der Waals surface area contributed by atoms with Crippen LogP contribution in [0.2, 0.25) is 6.04 Å². The van der Waals surface area contributed by atoms with Crippen molar-refractivity contribution >= 4 is 15.1 Å². The number of hydrogen-bond donors (Lipinski definition) is 0. The highest BCUT2D eigenvalue weighted by Crippen LogP contribution is 2.16. The van der Waals surface area contributed by atoms with Gasteiger partial charge in [0.15, 0.2) is 0 Å². The molecule has 0 spiro atoms. The van der Waals surface area contributed by atoms with Crippen LogP contribution in [-0.2, 0) is 4.74 Å². The molecule has 0 bridgehead atoms. The fourth-order valence-corrected chi connectivity index (χ4v) is 3.68. The van der Waals surface area contributed by atoms with Crippen molar-refractivity contribution in [2.24, 2.45) is 0 Å². The smallest absolute Gasteiger partial charge is 0.260 e. The van der Waals surface area contributed by atoms with E-state index < -0.39 is 9.04 Å². The van der Waals surface area contributed by atoms with Crippen molar-refractivity contribution in [2.45, 2.75) is 26.3 Å². The van der Waals surface area contributed by atoms with E-state index in [4.69, 9.17) is 9.16 Å². The normalized spacial score (nSPS) is 12.1. The van der Waals surface area contributed by atoms with Crippen LogP contribution in [0.1, 0.15) is 25.8 Å². The molecule has 1 unspecified atom stereocenters. The predicted molar refractivity (Wildman–Crippen MR) is 75.9 cm³/mol. The first-order valence-electron chi connectivity index (χ1n) is 6.27. The average molecular weight is 250 g/mol. The van der Waals surface area contributed by atoms with Crippen molar-refractivity contribution in [3.8, 4) is 5.75 Å². The van der Waals surface area contributed by atoms with Crippen molar-refractivity contribution in [3.05, 3.63) is 36.4 Å². The van der Waals surface area contributed by atoms with E-state index in [1.807, 2.05) is 37.3 Å². The van der Waals surface area contributed by atoms with Crippen LogP contribution in [0.3, 0.4) is 0 Å². The van der Waals surface area contributed by atoms with Gasteiger partial charge >= 0.3 is 0 Å². The first-order valence-corrected chi connectivity index (χ1v) is 8.37. The lowest BCUT2D eigenvalue weighted by Gasteiger charge is -2.17. The Morgan fingerprint density at radius 3 is 2.82 bits per heavy atom. The monoisotopic (exact) mass is 250 g/mol. The molecule has 0 aliphatic heterocycles. The number of ether oxygens (including phenoxy) is 1. The molecule has 0 fully saturated rings. The number of rotatable bonds is 8. The summed E-state index contributed by atoms with van der Waals surface area (Å²) < 4.78 is 11.6. The minimum Gasteiger partial charge on any atom is -0.544 e. The van der Waals surface area contributed by atoms with Crippen molar-refractivity contribution < 1.29 is 9.16 Å². The highest BCUT2D eigenvalue weighted by molar-refractivity contribution is 6.52. The van der Waals surface area contributed by atoms with Crippen LogP contribution < -0.4 is 4.43 Å². The summed E-state index contributed by atoms with van der Waals surface area (Å²) in [6.45, 7) is 8.75. The molecule has 0 aliphatic rings. The molecule has 0 N–H and O–H groups in total. The Kier molecular flexibility index (Phi) is 6.66. The van der Waals surface area contributed by atoms with E-state index in [2.05, 4.69) is 13.5 Å². The third kappa shape index (κ3) is 5.19. The van der Waals surface area contributed by atoms with Gasteiger partial charge in [0.25, 0.3) is 9.04 Å². The van der Waals surface area contributed by atoms with Crippen molar-refractivity contribution in [3.63, 3.8) is 0 Å². The van der Waals surface area contributed by atoms with E-state index in [1.165, 1.54) is 0 Å². The Balaban J connectivity index is 2.60. The lowest BCUT2D eigenvalue weighted by molar-refractivity contribution is 0.182. The molecular weight excluding hydrogens is 228 g/mol. The standard InChI is InChI=1S/C14H22O2Si/c1-4-10-17(12-15-6-3)16-14-9-7-8-13(5-2)11-14/h5,7-9,11,17H,2,4,6,10,12H2,1,3H3. The Hall–Kier alpha value is -1.06. The van der Waals surface area contributed by atoms with Crippen LogP contribution in [0.25, 0.3) is 6.08 Å². The molecule has 17 heavy (non-hydrogen) atoms. The third-order valence-corrected chi connectivity index (χ3v) is 4.95. The molecule has 0 heterocycles. The fraction of sp³-hybridized carbons (Fsp3) is 0.429. The Morgan fingerprint density at radius 2 is 2.18 bits per heavy atom. The highest BCUT2D eigenvalue weighted by Gasteiger charge is 2.12. The molecule has 94 valence electrons. The molecule has 1 atom stereocenters. The molecule has 1 aromatic carbocycles. The molecular formula is C14H22O2Si. The summed E-state index contributed by atoms with van der Waals surface area (Å²) in [6, 6.07) is 9.23. The zero-order valence-corrected chi connectivity index (χ0v) is 12.0. The molecule has 0 amide bonds. The maximum atomic E-state index is 6.07. The van der Waals surface area contributed by atoms with Gasteiger partial charge in [-0.15, -0.1) is 0 Å². The molecule has 1 rings (SSSR count). The molecule has 0 aliphatic carbocycles. The Labute approximate surface area is 106 Å². The van der Waals surface area contributed by atoms with Crippen molar-refractivity contribution in [1.29, 1.82) is 0 Å². The lowest BCUT2D eigenvalue weighted by atomic mass is 10.2. The van der Waals surface area contributed by atoms with E-state index in [-0.39, 0.29) is 0 Å². The van der Waals surface area contributed by atoms with E-state index in [0.29, 0.717) is 0 Å². The predicted octanol–water partition coefficient (Wildman–Crippen LogP) is 3.42. The lowest BCUT2D eigenvalue weighted by Crippen LogP contribution is -2.28. The second-order valence-corrected chi connectivity index (χ2v) is 6.36. The second-order valence-electron chi connectivity index (χ2n) is 3.96. The molecule has 0 saturated heterocycles. The van der Waals surface area contributed by atoms with Crippen LogP contribution in [-0.4, -0.2) is 21.9 Å². The van der Waals surface area contributed by atoms with Crippen LogP contribution >= 0.6 is 0 Å². The molecule has 0 aromatic heterocycles. The zero-order valence-electron chi connectivity index (χ0n) is 10.8. The van der Waals surface area contributed by atoms with E-state index in [9.17, 15) is 0 Å². The average Bonchev–Trinajstić information content (AvgIpc) is 2.36. The maximum Gasteiger partial charge on any atom is 0.260 e. The van der Waals surface area contributed by atoms with E-state index in [1.54, 1.807) is 0 Å². The minimum absolute atomic E-state index is 0.767. The van der Waals surface area contributed by atoms with Crippen LogP contribution in [0, 0.1) is 0 Å². The van der Waals surface area contributed by atoms with Gasteiger partial charge in [-0.25, -0.2) is 0 Å². The highest BCUT2D eigenvalue weighted by atomic mass is 28.3. The Morgan fingerprint density at radius 1 is 1.35 bits per heavy atom. The van der Waals surface area contributed by atoms with Crippen LogP contribution in [0.5, 0.6) is 5.75 Å². The largest absolute Gasteiger partial charge is 0.544 e. The minimum atomic E-state index is -1.27. The van der Waals surface area contributed by atoms with Crippen LogP contribution in [0.15, 0.2) is 30.8 Å². The summed E-state index contributed by atoms with van der Waals surface area (Å²) in [4.78, 5) is 0. The number of hydrogen-bond acceptors (Lipinski definition) is 2. The van der Waals surface area contributed by atoms with E-state index in [0.717, 1.165) is 36.6 Å². The van der Waals surface area contributed by atoms with Gasteiger partial charge in [-0.05, 0) is 30.7 Å². The van der Waals surface area contributed by atoms with Gasteiger partial charge in [-0.3, -0.25) is 0 Å². The molecule has 1 aromatic rings. The quantitative estimate of drug-likeness (QED) is 0.658. The third-order valence-electron chi connectivity index (χ3n) is 2.52. The summed E-state index contributed by atoms with van der Waals surface area (Å²) in [5.74, 6) is 0.951. The number of benzene rings is 1. The summed E-state index contributed by atoms with van der Waals surface area (Å²) in [5.41, 5.74) is 1.10. The van der Waals surface area contributed by atoms with Gasteiger partial charge < -0.3 is 9.16 Å². The van der Waals surface area contributed by atoms with Gasteiger partial charge in [0.2, 0.25) is 0 Å². The van der Waals surface area contributed by atoms with Gasteiger partial charge in [-0.2, -0.15) is 0 Å². The summed E-state index contributed by atoms with van der Waals surface area (Å²) in [5, 5.41) is 0. The first kappa shape index (κ1) is 14.0. The molecule has 0 radical (unpaired) electrons. The first-order chi connectivity index (χ1) is 8.30. The van der Waals surface area contributed by atoms with Crippen LogP contribution in [0.4, 0.5) is 0 Å². The van der Waals surface area contributed by atoms with Gasteiger partial charge in [0.1, 0.15) is 5.75 Å². The van der Waals surface area contributed by atoms with E-state index >= 15 is 0 Å². The Bertz CT molecular complexity index is 339. The SMILES string of the molecule is C=Cc1cccc(O[SiH](CCC)COCC)c1. The zero-order chi connectivity index (χ0) is 12.5. The maximum absolute atomic E-state index is 6.07. The van der Waals surface area contributed by atoms with Gasteiger partial charge in [0.05, 0.1) is 6.23 Å². The molecule has 2 nitrogen and oxygen atoms in total. The molecule has 3 heteroatoms.